The largest absolute Gasteiger partial charge is 1.00 e. The number of allylic oxidation sites excluding steroid dienone is 4. The van der Waals surface area contributed by atoms with E-state index in [0.29, 0.717) is 5.92 Å². The summed E-state index contributed by atoms with van der Waals surface area (Å²) >= 11 is 2.19. The Balaban J connectivity index is 0.00000196. The first-order valence-corrected chi connectivity index (χ1v) is 10.0. The molecule has 2 aromatic carbocycles. The molecule has 147 valence electrons. The third kappa shape index (κ3) is 4.29. The molecule has 0 aliphatic heterocycles. The van der Waals surface area contributed by atoms with E-state index in [1.165, 1.54) is 39.1 Å². The number of hydrogen-bond acceptors (Lipinski definition) is 1. The summed E-state index contributed by atoms with van der Waals surface area (Å²) < 4.78 is 2.38. The van der Waals surface area contributed by atoms with Gasteiger partial charge in [-0.2, -0.15) is 0 Å². The number of nitrogens with zero attached hydrogens (tertiary/aromatic N) is 1. The van der Waals surface area contributed by atoms with Crippen molar-refractivity contribution in [1.29, 1.82) is 0 Å². The molecule has 0 radical (unpaired) electrons. The summed E-state index contributed by atoms with van der Waals surface area (Å²) in [5, 5.41) is 0. The van der Waals surface area contributed by atoms with E-state index in [4.69, 9.17) is 0 Å². The van der Waals surface area contributed by atoms with Gasteiger partial charge in [0.1, 0.15) is 0 Å². The number of para-hydroxylation sites is 1. The van der Waals surface area contributed by atoms with Gasteiger partial charge in [0.15, 0.2) is 0 Å². The predicted octanol–water partition coefficient (Wildman–Crippen LogP) is 0.658. The topological polar surface area (TPSA) is 3.24 Å². The molecule has 0 amide bonds. The van der Waals surface area contributed by atoms with Crippen molar-refractivity contribution in [2.45, 2.75) is 47.1 Å². The van der Waals surface area contributed by atoms with Crippen LogP contribution >= 0.6 is 0 Å². The molecule has 2 aromatic rings. The number of hydrogen-bond donors (Lipinski definition) is 0. The van der Waals surface area contributed by atoms with E-state index >= 15 is 0 Å². The Hall–Kier alpha value is -0.986. The van der Waals surface area contributed by atoms with E-state index in [9.17, 15) is 0 Å². The molecule has 0 saturated heterocycles. The molecule has 4 heteroatoms. The number of anilines is 1. The van der Waals surface area contributed by atoms with E-state index in [2.05, 4.69) is 120 Å². The normalized spacial score (nSPS) is 16.6. The zero-order chi connectivity index (χ0) is 19.1. The summed E-state index contributed by atoms with van der Waals surface area (Å²) in [6, 6.07) is 19.6. The molecule has 0 aromatic heterocycles. The van der Waals surface area contributed by atoms with E-state index in [1.807, 2.05) is 0 Å². The van der Waals surface area contributed by atoms with Gasteiger partial charge in [0, 0.05) is 0 Å². The molecule has 0 spiro atoms. The molecule has 0 saturated carbocycles. The molecule has 1 nitrogen and oxygen atoms in total. The fourth-order valence-electron chi connectivity index (χ4n) is 4.07. The van der Waals surface area contributed by atoms with E-state index < -0.39 is 0 Å². The van der Waals surface area contributed by atoms with Crippen LogP contribution in [0.4, 0.5) is 5.69 Å². The minimum atomic E-state index is -0.116. The molecule has 28 heavy (non-hydrogen) atoms. The van der Waals surface area contributed by atoms with Crippen molar-refractivity contribution in [3.05, 3.63) is 82.4 Å². The Labute approximate surface area is 194 Å². The first-order chi connectivity index (χ1) is 12.3. The summed E-state index contributed by atoms with van der Waals surface area (Å²) in [4.78, 5) is 0. The predicted molar refractivity (Wildman–Crippen MR) is 109 cm³/mol. The molecular weight excluding hydrogens is 421 g/mol. The monoisotopic (exact) mass is 448 g/mol. The maximum absolute atomic E-state index is 2.38. The van der Waals surface area contributed by atoms with Crippen molar-refractivity contribution in [2.24, 2.45) is 5.92 Å². The summed E-state index contributed by atoms with van der Waals surface area (Å²) in [7, 11) is 0. The van der Waals surface area contributed by atoms with Gasteiger partial charge in [-0.05, 0) is 0 Å². The molecular formula is C24H28Cl2NTi. The van der Waals surface area contributed by atoms with Crippen LogP contribution in [0.2, 0.25) is 0 Å². The van der Waals surface area contributed by atoms with Gasteiger partial charge < -0.3 is 24.8 Å². The maximum atomic E-state index is 2.38. The molecule has 0 fully saturated rings. The summed E-state index contributed by atoms with van der Waals surface area (Å²) in [6.07, 6.45) is 0. The molecule has 1 atom stereocenters. The van der Waals surface area contributed by atoms with Crippen LogP contribution in [0, 0.1) is 5.92 Å². The fraction of sp³-hybridized carbons (Fsp3) is 0.333. The standard InChI is InChI=1S/C24H28N.2ClH.Ti/c1-16-17(2)19(4)23(18(16)3)21-14-10-11-15-22(21)24(5,6)25-20-12-8-7-9-13-20;;;/h7-15,18H,1-6H3;2*1H;/q-1;;;+3/p-2. The van der Waals surface area contributed by atoms with Gasteiger partial charge in [0.05, 0.1) is 0 Å². The van der Waals surface area contributed by atoms with Crippen LogP contribution in [0.15, 0.2) is 71.3 Å². The molecule has 0 heterocycles. The third-order valence-electron chi connectivity index (χ3n) is 6.09. The summed E-state index contributed by atoms with van der Waals surface area (Å²) in [5.74, 6) is 0.481. The Morgan fingerprint density at radius 1 is 0.821 bits per heavy atom. The smallest absolute Gasteiger partial charge is 1.00 e. The SMILES string of the molecule is CC1=C(C)C(C)C(c2ccccc2C(C)(C)[N]([Ti+2])c2ccccc2)=C1C.[Cl-].[Cl-]. The Bertz CT molecular complexity index is 884. The van der Waals surface area contributed by atoms with Crippen molar-refractivity contribution in [3.63, 3.8) is 0 Å². The zero-order valence-corrected chi connectivity index (χ0v) is 20.6. The summed E-state index contributed by atoms with van der Waals surface area (Å²) in [5.41, 5.74) is 9.79. The maximum Gasteiger partial charge on any atom is -1.00 e. The van der Waals surface area contributed by atoms with Crippen molar-refractivity contribution in [2.75, 3.05) is 3.38 Å². The quantitative estimate of drug-likeness (QED) is 0.621. The van der Waals surface area contributed by atoms with E-state index in [1.54, 1.807) is 0 Å². The molecule has 1 unspecified atom stereocenters. The van der Waals surface area contributed by atoms with Gasteiger partial charge in [-0.15, -0.1) is 0 Å². The van der Waals surface area contributed by atoms with Crippen molar-refractivity contribution < 1.29 is 45.5 Å². The van der Waals surface area contributed by atoms with Gasteiger partial charge in [0.25, 0.3) is 0 Å². The van der Waals surface area contributed by atoms with Crippen LogP contribution in [0.1, 0.15) is 52.7 Å². The van der Waals surface area contributed by atoms with Crippen molar-refractivity contribution in [1.82, 2.24) is 0 Å². The zero-order valence-electron chi connectivity index (χ0n) is 17.5. The van der Waals surface area contributed by atoms with Crippen LogP contribution in [0.25, 0.3) is 5.57 Å². The molecule has 1 aliphatic rings. The second kappa shape index (κ2) is 9.68. The Morgan fingerprint density at radius 3 is 1.89 bits per heavy atom. The fourth-order valence-corrected chi connectivity index (χ4v) is 4.49. The molecule has 0 N–H and O–H groups in total. The van der Waals surface area contributed by atoms with Crippen LogP contribution in [-0.4, -0.2) is 0 Å². The first kappa shape index (κ1) is 25.1. The van der Waals surface area contributed by atoms with Gasteiger partial charge in [-0.1, -0.05) is 0 Å². The van der Waals surface area contributed by atoms with E-state index in [-0.39, 0.29) is 30.4 Å². The second-order valence-corrected chi connectivity index (χ2v) is 8.54. The molecule has 3 rings (SSSR count). The molecule has 0 bridgehead atoms. The van der Waals surface area contributed by atoms with Gasteiger partial charge in [-0.25, -0.2) is 0 Å². The minimum Gasteiger partial charge on any atom is -1.00 e. The van der Waals surface area contributed by atoms with Crippen LogP contribution < -0.4 is 28.2 Å². The number of halogens is 2. The number of rotatable bonds is 4. The van der Waals surface area contributed by atoms with Crippen LogP contribution in [0.3, 0.4) is 0 Å². The van der Waals surface area contributed by atoms with Gasteiger partial charge in [0.2, 0.25) is 0 Å². The molecule has 1 aliphatic carbocycles. The average molecular weight is 449 g/mol. The minimum absolute atomic E-state index is 0. The van der Waals surface area contributed by atoms with Crippen LogP contribution in [-0.2, 0) is 26.2 Å². The Morgan fingerprint density at radius 2 is 1.36 bits per heavy atom. The van der Waals surface area contributed by atoms with Gasteiger partial charge in [-0.3, -0.25) is 0 Å². The Kier molecular flexibility index (Phi) is 8.66. The number of benzene rings is 2. The average Bonchev–Trinajstić information content (AvgIpc) is 2.85. The second-order valence-electron chi connectivity index (χ2n) is 7.84. The van der Waals surface area contributed by atoms with Crippen LogP contribution in [0.5, 0.6) is 0 Å². The first-order valence-electron chi connectivity index (χ1n) is 9.31. The third-order valence-corrected chi connectivity index (χ3v) is 7.37. The van der Waals surface area contributed by atoms with Crippen molar-refractivity contribution >= 4 is 11.3 Å². The summed E-state index contributed by atoms with van der Waals surface area (Å²) in [6.45, 7) is 13.8. The van der Waals surface area contributed by atoms with E-state index in [0.717, 1.165) is 0 Å². The van der Waals surface area contributed by atoms with Gasteiger partial charge >= 0.3 is 171 Å². The van der Waals surface area contributed by atoms with Crippen molar-refractivity contribution in [3.8, 4) is 0 Å².